The zero-order valence-corrected chi connectivity index (χ0v) is 42.7. The van der Waals surface area contributed by atoms with Crippen LogP contribution in [-0.4, -0.2) is 15.3 Å². The van der Waals surface area contributed by atoms with Gasteiger partial charge in [0, 0.05) is 53.6 Å². The lowest BCUT2D eigenvalue weighted by Gasteiger charge is -2.15. The van der Waals surface area contributed by atoms with Crippen molar-refractivity contribution in [1.29, 1.82) is 0 Å². The molecule has 10 rings (SSSR count). The van der Waals surface area contributed by atoms with Gasteiger partial charge in [0.2, 0.25) is 0 Å². The summed E-state index contributed by atoms with van der Waals surface area (Å²) in [6.07, 6.45) is 0. The van der Waals surface area contributed by atoms with Crippen LogP contribution in [0.4, 0.5) is 0 Å². The molecule has 11 heteroatoms. The summed E-state index contributed by atoms with van der Waals surface area (Å²) in [5.41, 5.74) is 6.23. The van der Waals surface area contributed by atoms with Gasteiger partial charge in [-0.05, 0) is 54.9 Å². The molecule has 73 heavy (non-hydrogen) atoms. The fourth-order valence-corrected chi connectivity index (χ4v) is 8.91. The van der Waals surface area contributed by atoms with Crippen molar-refractivity contribution in [2.45, 2.75) is 77.9 Å². The predicted octanol–water partition coefficient (Wildman–Crippen LogP) is 14.1. The first kappa shape index (κ1) is 51.6. The number of fused-ring (bicyclic) bond motifs is 4. The average molecular weight is 1040 g/mol. The maximum Gasteiger partial charge on any atom is 0.196 e. The van der Waals surface area contributed by atoms with Gasteiger partial charge in [-0.1, -0.05) is 177 Å². The van der Waals surface area contributed by atoms with Gasteiger partial charge in [-0.25, -0.2) is 0 Å². The van der Waals surface area contributed by atoms with Gasteiger partial charge in [-0.15, -0.1) is 0 Å². The fraction of sp³-hybridized carbons (Fsp3) is 0.194. The molecule has 0 unspecified atom stereocenters. The van der Waals surface area contributed by atoms with E-state index in [0.717, 1.165) is 60.3 Å². The number of benzene rings is 8. The Morgan fingerprint density at radius 1 is 0.466 bits per heavy atom. The molecule has 10 nitrogen and oxygen atoms in total. The standard InChI is InChI=1S/C31H28O5.C23H20O4.C8H9BrO/c1-20(2)28-16-27(33)31-29(35-18-23-10-4-3-9-22(23)17-32)14-25(15-30(31)36-28)34-19-24-12-7-11-21-8-5-6-13-26(21)24;1-14(2)21-12-20(25)23-19(24)10-17(11-22(23)27-21)26-13-16-8-5-7-15-6-3-4-9-18(15)16;9-5-7-3-1-2-4-8(7)6-10/h3-16,20,32H,17-19H2,1-2H3;3-12,14,24H,13H2,1-2H3;1-4,10H,5-6H2. The van der Waals surface area contributed by atoms with E-state index in [4.69, 9.17) is 28.2 Å². The summed E-state index contributed by atoms with van der Waals surface area (Å²) in [7, 11) is 0. The molecular formula is C62H57BrO10. The highest BCUT2D eigenvalue weighted by Gasteiger charge is 2.17. The van der Waals surface area contributed by atoms with Crippen molar-refractivity contribution in [3.05, 3.63) is 235 Å². The van der Waals surface area contributed by atoms with Crippen LogP contribution in [0.15, 0.2) is 188 Å². The summed E-state index contributed by atoms with van der Waals surface area (Å²) in [6.45, 7) is 8.80. The quantitative estimate of drug-likeness (QED) is 0.0899. The molecule has 0 spiro atoms. The molecule has 0 radical (unpaired) electrons. The minimum Gasteiger partial charge on any atom is -0.507 e. The molecule has 0 saturated heterocycles. The van der Waals surface area contributed by atoms with Crippen molar-refractivity contribution in [2.75, 3.05) is 0 Å². The zero-order valence-electron chi connectivity index (χ0n) is 41.1. The molecule has 0 amide bonds. The maximum absolute atomic E-state index is 13.1. The van der Waals surface area contributed by atoms with Crippen molar-refractivity contribution in [1.82, 2.24) is 0 Å². The minimum atomic E-state index is -0.252. The fourth-order valence-electron chi connectivity index (χ4n) is 8.37. The number of aliphatic hydroxyl groups is 2. The number of hydrogen-bond acceptors (Lipinski definition) is 10. The number of aliphatic hydroxyl groups excluding tert-OH is 2. The lowest BCUT2D eigenvalue weighted by Crippen LogP contribution is -2.08. The molecule has 0 atom stereocenters. The minimum absolute atomic E-state index is 0.0585. The van der Waals surface area contributed by atoms with Gasteiger partial charge >= 0.3 is 0 Å². The van der Waals surface area contributed by atoms with E-state index in [2.05, 4.69) is 52.3 Å². The topological polar surface area (TPSA) is 149 Å². The van der Waals surface area contributed by atoms with Crippen LogP contribution in [0.1, 0.15) is 84.4 Å². The molecule has 8 aromatic carbocycles. The first-order chi connectivity index (χ1) is 35.4. The molecule has 0 saturated carbocycles. The van der Waals surface area contributed by atoms with Crippen molar-refractivity contribution in [2.24, 2.45) is 0 Å². The summed E-state index contributed by atoms with van der Waals surface area (Å²) < 4.78 is 30.2. The molecule has 372 valence electrons. The largest absolute Gasteiger partial charge is 0.507 e. The van der Waals surface area contributed by atoms with Crippen LogP contribution in [0.2, 0.25) is 0 Å². The zero-order chi connectivity index (χ0) is 51.4. The third kappa shape index (κ3) is 12.5. The summed E-state index contributed by atoms with van der Waals surface area (Å²) in [6, 6.07) is 53.4. The smallest absolute Gasteiger partial charge is 0.196 e. The Labute approximate surface area is 431 Å². The van der Waals surface area contributed by atoms with E-state index in [-0.39, 0.29) is 53.6 Å². The molecule has 0 fully saturated rings. The van der Waals surface area contributed by atoms with Gasteiger partial charge in [-0.2, -0.15) is 0 Å². The van der Waals surface area contributed by atoms with Crippen LogP contribution >= 0.6 is 15.9 Å². The Kier molecular flexibility index (Phi) is 17.1. The van der Waals surface area contributed by atoms with Gasteiger partial charge in [-0.3, -0.25) is 9.59 Å². The van der Waals surface area contributed by atoms with E-state index in [1.54, 1.807) is 18.2 Å². The maximum atomic E-state index is 13.1. The van der Waals surface area contributed by atoms with Crippen molar-refractivity contribution in [3.8, 4) is 23.0 Å². The Hall–Kier alpha value is -7.70. The Morgan fingerprint density at radius 2 is 0.877 bits per heavy atom. The summed E-state index contributed by atoms with van der Waals surface area (Å²) in [4.78, 5) is 25.4. The van der Waals surface area contributed by atoms with Crippen molar-refractivity contribution < 1.29 is 38.4 Å². The number of aromatic hydroxyl groups is 1. The Morgan fingerprint density at radius 3 is 1.38 bits per heavy atom. The number of ether oxygens (including phenoxy) is 3. The molecule has 10 aromatic rings. The van der Waals surface area contributed by atoms with Crippen LogP contribution in [-0.2, 0) is 38.4 Å². The van der Waals surface area contributed by atoms with Gasteiger partial charge in [0.15, 0.2) is 10.9 Å². The van der Waals surface area contributed by atoms with Crippen LogP contribution in [0.5, 0.6) is 23.0 Å². The second kappa shape index (κ2) is 24.1. The van der Waals surface area contributed by atoms with Crippen LogP contribution in [0, 0.1) is 0 Å². The van der Waals surface area contributed by atoms with E-state index < -0.39 is 0 Å². The van der Waals surface area contributed by atoms with Gasteiger partial charge < -0.3 is 38.4 Å². The van der Waals surface area contributed by atoms with Crippen molar-refractivity contribution in [3.63, 3.8) is 0 Å². The third-order valence-electron chi connectivity index (χ3n) is 12.4. The van der Waals surface area contributed by atoms with Crippen LogP contribution in [0.25, 0.3) is 43.5 Å². The van der Waals surface area contributed by atoms with E-state index >= 15 is 0 Å². The second-order valence-corrected chi connectivity index (χ2v) is 18.6. The lowest BCUT2D eigenvalue weighted by molar-refractivity contribution is 0.268. The molecule has 2 heterocycles. The number of phenolic OH excluding ortho intramolecular Hbond substituents is 1. The number of alkyl halides is 1. The number of phenols is 1. The first-order valence-corrected chi connectivity index (χ1v) is 25.2. The molecule has 2 aromatic heterocycles. The summed E-state index contributed by atoms with van der Waals surface area (Å²) >= 11 is 3.34. The molecule has 3 N–H and O–H groups in total. The Balaban J connectivity index is 0.000000168. The van der Waals surface area contributed by atoms with E-state index in [1.807, 2.05) is 125 Å². The van der Waals surface area contributed by atoms with E-state index in [1.165, 1.54) is 18.2 Å². The molecular weight excluding hydrogens is 985 g/mol. The first-order valence-electron chi connectivity index (χ1n) is 24.1. The number of rotatable bonds is 14. The summed E-state index contributed by atoms with van der Waals surface area (Å²) in [5, 5.41) is 34.7. The van der Waals surface area contributed by atoms with Crippen molar-refractivity contribution >= 4 is 59.4 Å². The summed E-state index contributed by atoms with van der Waals surface area (Å²) in [5.74, 6) is 2.57. The number of hydrogen-bond donors (Lipinski definition) is 3. The Bertz CT molecular complexity index is 3600. The molecule has 0 aliphatic carbocycles. The second-order valence-electron chi connectivity index (χ2n) is 18.1. The lowest BCUT2D eigenvalue weighted by atomic mass is 10.1. The highest BCUT2D eigenvalue weighted by atomic mass is 79.9. The third-order valence-corrected chi connectivity index (χ3v) is 13.0. The van der Waals surface area contributed by atoms with E-state index in [9.17, 15) is 19.8 Å². The highest BCUT2D eigenvalue weighted by Crippen LogP contribution is 2.34. The molecule has 0 bridgehead atoms. The number of halogens is 1. The van der Waals surface area contributed by atoms with Gasteiger partial charge in [0.25, 0.3) is 0 Å². The monoisotopic (exact) mass is 1040 g/mol. The highest BCUT2D eigenvalue weighted by molar-refractivity contribution is 9.08. The van der Waals surface area contributed by atoms with Crippen LogP contribution < -0.4 is 25.1 Å². The molecule has 0 aliphatic rings. The normalized spacial score (nSPS) is 11.1. The predicted molar refractivity (Wildman–Crippen MR) is 293 cm³/mol. The van der Waals surface area contributed by atoms with E-state index in [0.29, 0.717) is 58.5 Å². The van der Waals surface area contributed by atoms with Gasteiger partial charge in [0.1, 0.15) is 76.3 Å². The van der Waals surface area contributed by atoms with Gasteiger partial charge in [0.05, 0.1) is 13.2 Å². The average Bonchev–Trinajstić information content (AvgIpc) is 3.41. The SMILES string of the molecule is CC(C)c1cc(=O)c2c(O)cc(OCc3cccc4ccccc34)cc2o1.CC(C)c1cc(=O)c2c(OCc3ccccc3CO)cc(OCc3cccc4ccccc34)cc2o1.OCc1ccccc1CBr. The molecule has 0 aliphatic heterocycles. The van der Waals surface area contributed by atoms with Crippen LogP contribution in [0.3, 0.4) is 0 Å².